The molecule has 0 bridgehead atoms. The van der Waals surface area contributed by atoms with Crippen molar-refractivity contribution in [2.24, 2.45) is 0 Å². The second kappa shape index (κ2) is 9.24. The molecular weight excluding hydrogens is 686 g/mol. The van der Waals surface area contributed by atoms with Gasteiger partial charge in [-0.05, 0) is 88.0 Å². The number of ether oxygens (including phenoxy) is 2. The van der Waals surface area contributed by atoms with Crippen molar-refractivity contribution in [1.29, 1.82) is 0 Å². The summed E-state index contributed by atoms with van der Waals surface area (Å²) >= 11 is 14.2. The molecule has 0 radical (unpaired) electrons. The molecule has 0 unspecified atom stereocenters. The van der Waals surface area contributed by atoms with Gasteiger partial charge in [0, 0.05) is 46.7 Å². The molecule has 0 amide bonds. The van der Waals surface area contributed by atoms with Gasteiger partial charge in [0.05, 0.1) is 5.56 Å². The number of benzene rings is 3. The van der Waals surface area contributed by atoms with Crippen molar-refractivity contribution < 1.29 is 86.4 Å². The van der Waals surface area contributed by atoms with Crippen molar-refractivity contribution >= 4 is 69.7 Å². The Bertz CT molecular complexity index is 1220. The number of fused-ring (bicyclic) bond motifs is 6. The number of phenols is 2. The number of halogens is 4. The van der Waals surface area contributed by atoms with Gasteiger partial charge in [-0.25, -0.2) is 4.79 Å². The molecule has 5 nitrogen and oxygen atoms in total. The molecule has 0 aromatic heterocycles. The molecule has 2 aliphatic heterocycles. The molecule has 2 aliphatic rings. The number of rotatable bonds is 0. The van der Waals surface area contributed by atoms with Gasteiger partial charge in [-0.1, -0.05) is 0 Å². The fraction of sp³-hybridized carbons (Fsp3) is 0.0500. The predicted molar refractivity (Wildman–Crippen MR) is 121 cm³/mol. The molecule has 0 fully saturated rings. The summed E-state index contributed by atoms with van der Waals surface area (Å²) in [4.78, 5) is 13.1. The van der Waals surface area contributed by atoms with Crippen molar-refractivity contribution in [3.63, 3.8) is 0 Å². The van der Waals surface area contributed by atoms with Crippen LogP contribution in [0.2, 0.25) is 0 Å². The van der Waals surface area contributed by atoms with Crippen LogP contribution in [0.1, 0.15) is 29.9 Å². The van der Waals surface area contributed by atoms with Crippen LogP contribution in [0.4, 0.5) is 0 Å². The van der Waals surface area contributed by atoms with Gasteiger partial charge < -0.3 is 22.5 Å². The van der Waals surface area contributed by atoms with E-state index >= 15 is 0 Å². The van der Waals surface area contributed by atoms with Crippen LogP contribution in [0.5, 0.6) is 23.0 Å². The Labute approximate surface area is 258 Å². The number of carbonyl (C=O) groups excluding carboxylic acids is 1. The van der Waals surface area contributed by atoms with E-state index in [1.54, 1.807) is 12.1 Å². The van der Waals surface area contributed by atoms with Gasteiger partial charge in [-0.3, -0.25) is 0 Å². The maximum atomic E-state index is 13.1. The van der Waals surface area contributed by atoms with Crippen LogP contribution in [0.3, 0.4) is 0 Å². The van der Waals surface area contributed by atoms with Crippen molar-refractivity contribution in [3.8, 4) is 23.0 Å². The first-order valence-corrected chi connectivity index (χ1v) is 11.4. The Morgan fingerprint density at radius 2 is 1.26 bits per heavy atom. The minimum absolute atomic E-state index is 0. The molecule has 0 atom stereocenters. The zero-order valence-corrected chi connectivity index (χ0v) is 26.4. The number of esters is 1. The molecule has 150 valence electrons. The van der Waals surface area contributed by atoms with E-state index in [-0.39, 0.29) is 73.5 Å². The Morgan fingerprint density at radius 1 is 0.774 bits per heavy atom. The number of hydrogen-bond donors (Lipinski definition) is 2. The smallest absolute Gasteiger partial charge is 1.00 e. The Kier molecular flexibility index (Phi) is 7.77. The van der Waals surface area contributed by atoms with Gasteiger partial charge in [0.15, 0.2) is 5.60 Å². The average molecular weight is 696 g/mol. The van der Waals surface area contributed by atoms with E-state index in [2.05, 4.69) is 63.7 Å². The van der Waals surface area contributed by atoms with Crippen molar-refractivity contribution in [1.82, 2.24) is 0 Å². The molecule has 3 aromatic rings. The molecule has 0 saturated carbocycles. The van der Waals surface area contributed by atoms with E-state index in [4.69, 9.17) is 9.47 Å². The molecule has 0 saturated heterocycles. The first kappa shape index (κ1) is 26.1. The van der Waals surface area contributed by atoms with Gasteiger partial charge in [-0.15, -0.1) is 0 Å². The minimum atomic E-state index is -1.33. The van der Waals surface area contributed by atoms with Crippen LogP contribution in [0.15, 0.2) is 54.3 Å². The normalized spacial score (nSPS) is 14.4. The quantitative estimate of drug-likeness (QED) is 0.159. The second-order valence-electron chi connectivity index (χ2n) is 6.54. The van der Waals surface area contributed by atoms with E-state index in [1.165, 1.54) is 24.3 Å². The van der Waals surface area contributed by atoms with Crippen LogP contribution in [0, 0.1) is 0 Å². The second-order valence-corrected chi connectivity index (χ2v) is 9.71. The van der Waals surface area contributed by atoms with Crippen LogP contribution >= 0.6 is 63.7 Å². The number of phenolic OH excluding ortho intramolecular Hbond substituents is 2. The van der Waals surface area contributed by atoms with Gasteiger partial charge in [-0.2, -0.15) is 0 Å². The third-order valence-corrected chi connectivity index (χ3v) is 9.75. The third kappa shape index (κ3) is 3.72. The summed E-state index contributed by atoms with van der Waals surface area (Å²) in [7, 11) is 0. The standard InChI is InChI=1S/C20H8Br4O5.2Na.2H/c21-15-13-14(16(22)18(24)17(15)23)20(29-19(13)27)9-3-1-7(25)5-11(9)28-12-6-8(26)2-4-10(12)20;;;;/h1-6,25-26H;;;;/q;2*+1;2*-1. The van der Waals surface area contributed by atoms with E-state index in [0.717, 1.165) is 0 Å². The summed E-state index contributed by atoms with van der Waals surface area (Å²) in [6, 6.07) is 9.26. The minimum Gasteiger partial charge on any atom is -1.00 e. The number of hydrogen-bond acceptors (Lipinski definition) is 5. The molecule has 2 heterocycles. The maximum Gasteiger partial charge on any atom is 1.00 e. The summed E-state index contributed by atoms with van der Waals surface area (Å²) < 4.78 is 14.6. The zero-order chi connectivity index (χ0) is 20.7. The largest absolute Gasteiger partial charge is 1.00 e. The van der Waals surface area contributed by atoms with Crippen LogP contribution in [0.25, 0.3) is 0 Å². The maximum absolute atomic E-state index is 13.1. The SMILES string of the molecule is O=C1OC2(c3ccc(O)cc3Oc3cc(O)ccc32)c2c(Br)c(Br)c(Br)c(Br)c21.[H-].[H-].[Na+].[Na+]. The predicted octanol–water partition coefficient (Wildman–Crippen LogP) is 0.949. The monoisotopic (exact) mass is 692 g/mol. The molecule has 1 spiro atoms. The van der Waals surface area contributed by atoms with Gasteiger partial charge in [0.2, 0.25) is 0 Å². The first-order valence-electron chi connectivity index (χ1n) is 8.20. The first-order chi connectivity index (χ1) is 13.8. The molecule has 11 heteroatoms. The van der Waals surface area contributed by atoms with Crippen molar-refractivity contribution in [2.75, 3.05) is 0 Å². The van der Waals surface area contributed by atoms with Crippen LogP contribution in [-0.4, -0.2) is 16.2 Å². The number of aromatic hydroxyl groups is 2. The van der Waals surface area contributed by atoms with Crippen LogP contribution in [-0.2, 0) is 10.3 Å². The van der Waals surface area contributed by atoms with Crippen LogP contribution < -0.4 is 63.9 Å². The third-order valence-electron chi connectivity index (χ3n) is 4.98. The van der Waals surface area contributed by atoms with Gasteiger partial charge in [0.1, 0.15) is 23.0 Å². The van der Waals surface area contributed by atoms with E-state index < -0.39 is 11.6 Å². The van der Waals surface area contributed by atoms with Gasteiger partial charge in [0.25, 0.3) is 0 Å². The molecule has 31 heavy (non-hydrogen) atoms. The summed E-state index contributed by atoms with van der Waals surface area (Å²) in [5, 5.41) is 20.0. The summed E-state index contributed by atoms with van der Waals surface area (Å²) in [5.41, 5.74) is 0.741. The fourth-order valence-corrected chi connectivity index (χ4v) is 6.37. The summed E-state index contributed by atoms with van der Waals surface area (Å²) in [6.07, 6.45) is 0. The zero-order valence-electron chi connectivity index (χ0n) is 18.1. The molecular formula is C20H10Br4Na2O5. The Morgan fingerprint density at radius 3 is 1.77 bits per heavy atom. The van der Waals surface area contributed by atoms with E-state index in [1.807, 2.05) is 0 Å². The topological polar surface area (TPSA) is 76.0 Å². The Hall–Kier alpha value is 0.450. The fourth-order valence-electron chi connectivity index (χ4n) is 3.81. The number of carbonyl (C=O) groups is 1. The van der Waals surface area contributed by atoms with E-state index in [0.29, 0.717) is 51.6 Å². The van der Waals surface area contributed by atoms with E-state index in [9.17, 15) is 15.0 Å². The molecule has 0 aliphatic carbocycles. The average Bonchev–Trinajstić information content (AvgIpc) is 2.97. The summed E-state index contributed by atoms with van der Waals surface area (Å²) in [6.45, 7) is 0. The molecule has 3 aromatic carbocycles. The molecule has 5 rings (SSSR count). The van der Waals surface area contributed by atoms with Crippen molar-refractivity contribution in [3.05, 3.63) is 76.5 Å². The molecule has 2 N–H and O–H groups in total. The summed E-state index contributed by atoms with van der Waals surface area (Å²) in [5.74, 6) is 0.144. The van der Waals surface area contributed by atoms with Crippen molar-refractivity contribution in [2.45, 2.75) is 5.60 Å². The Balaban J connectivity index is 0.00000136. The van der Waals surface area contributed by atoms with Gasteiger partial charge >= 0.3 is 65.1 Å².